The Kier molecular flexibility index (Phi) is 5.51. The summed E-state index contributed by atoms with van der Waals surface area (Å²) in [6.07, 6.45) is 0. The zero-order valence-electron chi connectivity index (χ0n) is 11.5. The molecule has 1 unspecified atom stereocenters. The molecule has 4 heteroatoms. The van der Waals surface area contributed by atoms with Gasteiger partial charge in [-0.3, -0.25) is 0 Å². The molecule has 0 spiro atoms. The van der Waals surface area contributed by atoms with Crippen molar-refractivity contribution in [3.8, 4) is 0 Å². The average Bonchev–Trinajstić information content (AvgIpc) is 2.27. The highest BCUT2D eigenvalue weighted by molar-refractivity contribution is 5.19. The number of rotatable bonds is 6. The Balaban J connectivity index is 2.41. The number of aromatic nitrogens is 2. The van der Waals surface area contributed by atoms with Gasteiger partial charge >= 0.3 is 0 Å². The molecule has 0 saturated carbocycles. The molecule has 1 atom stereocenters. The van der Waals surface area contributed by atoms with E-state index in [0.29, 0.717) is 12.1 Å². The summed E-state index contributed by atoms with van der Waals surface area (Å²) in [5, 5.41) is 15.1. The Morgan fingerprint density at radius 2 is 1.82 bits per heavy atom. The van der Waals surface area contributed by atoms with Crippen molar-refractivity contribution in [2.75, 3.05) is 6.54 Å². The smallest absolute Gasteiger partial charge is 0.0645 e. The predicted molar refractivity (Wildman–Crippen MR) is 70.9 cm³/mol. The molecule has 4 nitrogen and oxygen atoms in total. The van der Waals surface area contributed by atoms with E-state index in [1.54, 1.807) is 0 Å². The second-order valence-corrected chi connectivity index (χ2v) is 4.94. The highest BCUT2D eigenvalue weighted by Gasteiger charge is 2.05. The molecule has 0 fully saturated rings. The number of aryl methyl sites for hydroxylation is 2. The van der Waals surface area contributed by atoms with E-state index < -0.39 is 0 Å². The zero-order chi connectivity index (χ0) is 12.8. The van der Waals surface area contributed by atoms with Crippen molar-refractivity contribution in [2.45, 2.75) is 53.2 Å². The second-order valence-electron chi connectivity index (χ2n) is 4.94. The fourth-order valence-corrected chi connectivity index (χ4v) is 1.55. The van der Waals surface area contributed by atoms with Crippen molar-refractivity contribution in [3.63, 3.8) is 0 Å². The standard InChI is InChI=1S/C13H24N4/c1-9(2)14-7-11(4)15-8-13-6-10(3)16-17-12(13)5/h6,9,11,14-15H,7-8H2,1-5H3. The van der Waals surface area contributed by atoms with Crippen molar-refractivity contribution in [1.82, 2.24) is 20.8 Å². The highest BCUT2D eigenvalue weighted by atomic mass is 15.1. The van der Waals surface area contributed by atoms with Crippen LogP contribution < -0.4 is 10.6 Å². The zero-order valence-corrected chi connectivity index (χ0v) is 11.5. The van der Waals surface area contributed by atoms with E-state index >= 15 is 0 Å². The first-order chi connectivity index (χ1) is 7.99. The Labute approximate surface area is 104 Å². The lowest BCUT2D eigenvalue weighted by molar-refractivity contribution is 0.473. The van der Waals surface area contributed by atoms with Gasteiger partial charge in [-0.2, -0.15) is 10.2 Å². The minimum Gasteiger partial charge on any atom is -0.313 e. The number of hydrogen-bond acceptors (Lipinski definition) is 4. The molecule has 0 radical (unpaired) electrons. The topological polar surface area (TPSA) is 49.8 Å². The summed E-state index contributed by atoms with van der Waals surface area (Å²) in [4.78, 5) is 0. The van der Waals surface area contributed by atoms with E-state index in [1.807, 2.05) is 13.8 Å². The van der Waals surface area contributed by atoms with Gasteiger partial charge < -0.3 is 10.6 Å². The summed E-state index contributed by atoms with van der Waals surface area (Å²) in [5.74, 6) is 0. The Hall–Kier alpha value is -1.00. The fourth-order valence-electron chi connectivity index (χ4n) is 1.55. The lowest BCUT2D eigenvalue weighted by Gasteiger charge is -2.17. The minimum absolute atomic E-state index is 0.449. The van der Waals surface area contributed by atoms with Crippen molar-refractivity contribution in [3.05, 3.63) is 23.0 Å². The Morgan fingerprint density at radius 1 is 1.12 bits per heavy atom. The van der Waals surface area contributed by atoms with E-state index in [9.17, 15) is 0 Å². The third-order valence-corrected chi connectivity index (χ3v) is 2.68. The van der Waals surface area contributed by atoms with Crippen LogP contribution in [0.2, 0.25) is 0 Å². The largest absolute Gasteiger partial charge is 0.313 e. The Morgan fingerprint density at radius 3 is 2.47 bits per heavy atom. The minimum atomic E-state index is 0.449. The molecule has 0 aliphatic carbocycles. The summed E-state index contributed by atoms with van der Waals surface area (Å²) in [5.41, 5.74) is 3.21. The van der Waals surface area contributed by atoms with Crippen molar-refractivity contribution >= 4 is 0 Å². The summed E-state index contributed by atoms with van der Waals surface area (Å²) in [6, 6.07) is 3.08. The van der Waals surface area contributed by atoms with Crippen LogP contribution >= 0.6 is 0 Å². The van der Waals surface area contributed by atoms with Gasteiger partial charge in [-0.15, -0.1) is 0 Å². The van der Waals surface area contributed by atoms with Gasteiger partial charge in [0.2, 0.25) is 0 Å². The van der Waals surface area contributed by atoms with Crippen LogP contribution in [0.3, 0.4) is 0 Å². The maximum atomic E-state index is 4.13. The monoisotopic (exact) mass is 236 g/mol. The molecule has 0 aliphatic rings. The van der Waals surface area contributed by atoms with Crippen LogP contribution in [-0.2, 0) is 6.54 Å². The molecule has 1 aromatic rings. The normalized spacial score (nSPS) is 13.1. The van der Waals surface area contributed by atoms with Crippen LogP contribution in [0.15, 0.2) is 6.07 Å². The van der Waals surface area contributed by atoms with Crippen LogP contribution in [0.4, 0.5) is 0 Å². The van der Waals surface area contributed by atoms with Crippen molar-refractivity contribution < 1.29 is 0 Å². The molecule has 2 N–H and O–H groups in total. The van der Waals surface area contributed by atoms with Gasteiger partial charge in [0.05, 0.1) is 11.4 Å². The lowest BCUT2D eigenvalue weighted by atomic mass is 10.2. The van der Waals surface area contributed by atoms with Crippen LogP contribution in [0.25, 0.3) is 0 Å². The maximum absolute atomic E-state index is 4.13. The van der Waals surface area contributed by atoms with E-state index in [0.717, 1.165) is 24.5 Å². The van der Waals surface area contributed by atoms with E-state index in [1.165, 1.54) is 5.56 Å². The number of nitrogens with zero attached hydrogens (tertiary/aromatic N) is 2. The molecule has 0 bridgehead atoms. The van der Waals surface area contributed by atoms with Crippen LogP contribution in [-0.4, -0.2) is 28.8 Å². The lowest BCUT2D eigenvalue weighted by Crippen LogP contribution is -2.38. The van der Waals surface area contributed by atoms with E-state index in [4.69, 9.17) is 0 Å². The molecule has 0 aromatic carbocycles. The third-order valence-electron chi connectivity index (χ3n) is 2.68. The summed E-state index contributed by atoms with van der Waals surface area (Å²) in [6.45, 7) is 12.3. The van der Waals surface area contributed by atoms with Crippen LogP contribution in [0.1, 0.15) is 37.7 Å². The quantitative estimate of drug-likeness (QED) is 0.787. The summed E-state index contributed by atoms with van der Waals surface area (Å²) in [7, 11) is 0. The molecule has 0 saturated heterocycles. The van der Waals surface area contributed by atoms with Gasteiger partial charge in [0.1, 0.15) is 0 Å². The SMILES string of the molecule is Cc1cc(CNC(C)CNC(C)C)c(C)nn1. The highest BCUT2D eigenvalue weighted by Crippen LogP contribution is 2.04. The van der Waals surface area contributed by atoms with E-state index in [2.05, 4.69) is 47.7 Å². The Bertz CT molecular complexity index is 349. The fraction of sp³-hybridized carbons (Fsp3) is 0.692. The summed E-state index contributed by atoms with van der Waals surface area (Å²) >= 11 is 0. The third kappa shape index (κ3) is 5.24. The first-order valence-corrected chi connectivity index (χ1v) is 6.25. The first kappa shape index (κ1) is 14.1. The molecule has 17 heavy (non-hydrogen) atoms. The van der Waals surface area contributed by atoms with Gasteiger partial charge in [-0.25, -0.2) is 0 Å². The van der Waals surface area contributed by atoms with Gasteiger partial charge in [0.15, 0.2) is 0 Å². The predicted octanol–water partition coefficient (Wildman–Crippen LogP) is 1.57. The molecular weight excluding hydrogens is 212 g/mol. The van der Waals surface area contributed by atoms with Gasteiger partial charge in [0, 0.05) is 25.2 Å². The number of hydrogen-bond donors (Lipinski definition) is 2. The van der Waals surface area contributed by atoms with E-state index in [-0.39, 0.29) is 0 Å². The second kappa shape index (κ2) is 6.67. The molecule has 1 rings (SSSR count). The average molecular weight is 236 g/mol. The molecule has 1 heterocycles. The van der Waals surface area contributed by atoms with Gasteiger partial charge in [-0.1, -0.05) is 13.8 Å². The molecule has 96 valence electrons. The molecule has 0 aliphatic heterocycles. The van der Waals surface area contributed by atoms with Crippen LogP contribution in [0.5, 0.6) is 0 Å². The molecular formula is C13H24N4. The van der Waals surface area contributed by atoms with Crippen molar-refractivity contribution in [2.24, 2.45) is 0 Å². The van der Waals surface area contributed by atoms with Crippen molar-refractivity contribution in [1.29, 1.82) is 0 Å². The summed E-state index contributed by atoms with van der Waals surface area (Å²) < 4.78 is 0. The molecule has 1 aromatic heterocycles. The molecule has 0 amide bonds. The maximum Gasteiger partial charge on any atom is 0.0645 e. The van der Waals surface area contributed by atoms with Gasteiger partial charge in [-0.05, 0) is 32.4 Å². The first-order valence-electron chi connectivity index (χ1n) is 6.25. The van der Waals surface area contributed by atoms with Gasteiger partial charge in [0.25, 0.3) is 0 Å². The number of nitrogens with one attached hydrogen (secondary N) is 2. The van der Waals surface area contributed by atoms with Crippen LogP contribution in [0, 0.1) is 13.8 Å².